The number of amides is 1. The smallest absolute Gasteiger partial charge is 0.225 e. The number of hydrogen-bond donors (Lipinski definition) is 1. The van der Waals surface area contributed by atoms with Gasteiger partial charge in [0.05, 0.1) is 12.0 Å². The molecule has 31 heavy (non-hydrogen) atoms. The molecule has 1 amide bonds. The number of fused-ring (bicyclic) bond motifs is 3. The van der Waals surface area contributed by atoms with E-state index >= 15 is 0 Å². The van der Waals surface area contributed by atoms with E-state index in [0.29, 0.717) is 6.04 Å². The van der Waals surface area contributed by atoms with Gasteiger partial charge in [0.2, 0.25) is 5.91 Å². The van der Waals surface area contributed by atoms with Crippen molar-refractivity contribution in [1.29, 1.82) is 0 Å². The van der Waals surface area contributed by atoms with Crippen LogP contribution in [-0.2, 0) is 17.6 Å². The van der Waals surface area contributed by atoms with Gasteiger partial charge in [-0.25, -0.2) is 0 Å². The molecule has 4 nitrogen and oxygen atoms in total. The summed E-state index contributed by atoms with van der Waals surface area (Å²) in [6, 6.07) is 20.1. The normalized spacial score (nSPS) is 24.3. The van der Waals surface area contributed by atoms with E-state index in [1.807, 2.05) is 0 Å². The Labute approximate surface area is 186 Å². The fraction of sp³-hybridized carbons (Fsp3) is 0.519. The fourth-order valence-corrected chi connectivity index (χ4v) is 5.81. The molecule has 164 valence electrons. The fourth-order valence-electron chi connectivity index (χ4n) is 5.81. The average molecular weight is 418 g/mol. The molecule has 4 heteroatoms. The second-order valence-electron chi connectivity index (χ2n) is 9.58. The molecule has 0 bridgehead atoms. The summed E-state index contributed by atoms with van der Waals surface area (Å²) in [4.78, 5) is 18.6. The summed E-state index contributed by atoms with van der Waals surface area (Å²) in [5, 5.41) is 3.44. The predicted octanol–water partition coefficient (Wildman–Crippen LogP) is 4.04. The molecule has 2 unspecified atom stereocenters. The highest BCUT2D eigenvalue weighted by Gasteiger charge is 2.41. The monoisotopic (exact) mass is 417 g/mol. The predicted molar refractivity (Wildman–Crippen MR) is 126 cm³/mol. The van der Waals surface area contributed by atoms with Crippen LogP contribution >= 0.6 is 0 Å². The quantitative estimate of drug-likeness (QED) is 0.798. The molecule has 2 aromatic carbocycles. The van der Waals surface area contributed by atoms with Crippen molar-refractivity contribution in [3.63, 3.8) is 0 Å². The number of carbonyl (C=O) groups excluding carboxylic acids is 1. The minimum absolute atomic E-state index is 0.0383. The third kappa shape index (κ3) is 4.64. The van der Waals surface area contributed by atoms with Crippen LogP contribution in [0, 0.1) is 5.92 Å². The first-order chi connectivity index (χ1) is 15.3. The maximum Gasteiger partial charge on any atom is 0.225 e. The molecule has 2 aliphatic heterocycles. The number of anilines is 1. The lowest BCUT2D eigenvalue weighted by atomic mass is 9.82. The van der Waals surface area contributed by atoms with Gasteiger partial charge in [-0.05, 0) is 42.9 Å². The molecule has 2 fully saturated rings. The van der Waals surface area contributed by atoms with Crippen LogP contribution in [-0.4, -0.2) is 49.1 Å². The van der Waals surface area contributed by atoms with E-state index in [0.717, 1.165) is 51.9 Å². The first kappa shape index (κ1) is 20.6. The molecule has 5 rings (SSSR count). The van der Waals surface area contributed by atoms with Crippen LogP contribution in [0.15, 0.2) is 54.6 Å². The van der Waals surface area contributed by atoms with Gasteiger partial charge in [-0.15, -0.1) is 0 Å². The van der Waals surface area contributed by atoms with Gasteiger partial charge in [0, 0.05) is 37.9 Å². The molecule has 2 aromatic rings. The topological polar surface area (TPSA) is 35.6 Å². The maximum atomic E-state index is 13.5. The Morgan fingerprint density at radius 3 is 2.55 bits per heavy atom. The average Bonchev–Trinajstić information content (AvgIpc) is 2.83. The molecular formula is C27H35N3O. The van der Waals surface area contributed by atoms with Crippen molar-refractivity contribution >= 4 is 11.6 Å². The second kappa shape index (κ2) is 9.44. The zero-order chi connectivity index (χ0) is 21.0. The number of nitrogens with zero attached hydrogens (tertiary/aromatic N) is 2. The number of benzene rings is 2. The number of piperazine rings is 1. The number of hydrogen-bond acceptors (Lipinski definition) is 3. The van der Waals surface area contributed by atoms with Crippen LogP contribution in [0.5, 0.6) is 0 Å². The summed E-state index contributed by atoms with van der Waals surface area (Å²) in [6.07, 6.45) is 8.04. The van der Waals surface area contributed by atoms with Crippen molar-refractivity contribution in [2.75, 3.05) is 31.1 Å². The van der Waals surface area contributed by atoms with Gasteiger partial charge < -0.3 is 10.2 Å². The first-order valence-corrected chi connectivity index (χ1v) is 12.2. The van der Waals surface area contributed by atoms with Crippen molar-refractivity contribution in [3.8, 4) is 0 Å². The number of para-hydroxylation sites is 1. The van der Waals surface area contributed by atoms with Crippen molar-refractivity contribution in [2.24, 2.45) is 5.92 Å². The molecule has 2 heterocycles. The highest BCUT2D eigenvalue weighted by Crippen LogP contribution is 2.36. The van der Waals surface area contributed by atoms with E-state index < -0.39 is 0 Å². The van der Waals surface area contributed by atoms with E-state index in [9.17, 15) is 4.79 Å². The van der Waals surface area contributed by atoms with Gasteiger partial charge >= 0.3 is 0 Å². The van der Waals surface area contributed by atoms with Gasteiger partial charge in [0.15, 0.2) is 0 Å². The zero-order valence-electron chi connectivity index (χ0n) is 18.5. The Morgan fingerprint density at radius 2 is 1.71 bits per heavy atom. The van der Waals surface area contributed by atoms with Gasteiger partial charge in [-0.3, -0.25) is 9.69 Å². The Morgan fingerprint density at radius 1 is 0.935 bits per heavy atom. The van der Waals surface area contributed by atoms with Gasteiger partial charge in [-0.1, -0.05) is 67.8 Å². The third-order valence-electron chi connectivity index (χ3n) is 7.56. The maximum absolute atomic E-state index is 13.5. The molecule has 1 N–H and O–H groups in total. The van der Waals surface area contributed by atoms with Gasteiger partial charge in [0.1, 0.15) is 0 Å². The van der Waals surface area contributed by atoms with Gasteiger partial charge in [0.25, 0.3) is 0 Å². The molecular weight excluding hydrogens is 382 g/mol. The Kier molecular flexibility index (Phi) is 6.26. The lowest BCUT2D eigenvalue weighted by Crippen LogP contribution is -2.61. The van der Waals surface area contributed by atoms with Crippen LogP contribution in [0.1, 0.15) is 43.2 Å². The molecule has 1 aliphatic carbocycles. The standard InChI is InChI=1S/C27H35N3O/c31-27(28-23-12-5-2-6-13-23)24-19-22-11-7-8-14-25(22)30-18-17-29(20-26(24)30)16-15-21-9-3-1-4-10-21/h1,3-4,7-11,14,23-24,26H,2,5-6,12-13,15-20H2,(H,28,31). The van der Waals surface area contributed by atoms with Crippen molar-refractivity contribution in [3.05, 3.63) is 65.7 Å². The highest BCUT2D eigenvalue weighted by atomic mass is 16.2. The largest absolute Gasteiger partial charge is 0.365 e. The SMILES string of the molecule is O=C(NC1CCCCC1)C1Cc2ccccc2N2CCN(CCc3ccccc3)CC12. The minimum Gasteiger partial charge on any atom is -0.365 e. The molecule has 0 radical (unpaired) electrons. The highest BCUT2D eigenvalue weighted by molar-refractivity contribution is 5.82. The summed E-state index contributed by atoms with van der Waals surface area (Å²) in [5.74, 6) is 0.317. The first-order valence-electron chi connectivity index (χ1n) is 12.2. The number of rotatable bonds is 5. The van der Waals surface area contributed by atoms with E-state index in [2.05, 4.69) is 69.7 Å². The summed E-state index contributed by atoms with van der Waals surface area (Å²) in [7, 11) is 0. The van der Waals surface area contributed by atoms with Crippen LogP contribution in [0.2, 0.25) is 0 Å². The van der Waals surface area contributed by atoms with Crippen molar-refractivity contribution < 1.29 is 4.79 Å². The molecule has 0 spiro atoms. The van der Waals surface area contributed by atoms with E-state index in [1.54, 1.807) is 0 Å². The van der Waals surface area contributed by atoms with Crippen LogP contribution in [0.25, 0.3) is 0 Å². The summed E-state index contributed by atoms with van der Waals surface area (Å²) in [5.41, 5.74) is 4.07. The summed E-state index contributed by atoms with van der Waals surface area (Å²) < 4.78 is 0. The summed E-state index contributed by atoms with van der Waals surface area (Å²) >= 11 is 0. The molecule has 2 atom stereocenters. The number of nitrogens with one attached hydrogen (secondary N) is 1. The zero-order valence-corrected chi connectivity index (χ0v) is 18.5. The minimum atomic E-state index is 0.0383. The van der Waals surface area contributed by atoms with Crippen LogP contribution in [0.3, 0.4) is 0 Å². The molecule has 1 saturated carbocycles. The van der Waals surface area contributed by atoms with Crippen LogP contribution in [0.4, 0.5) is 5.69 Å². The van der Waals surface area contributed by atoms with Gasteiger partial charge in [-0.2, -0.15) is 0 Å². The van der Waals surface area contributed by atoms with Crippen LogP contribution < -0.4 is 10.2 Å². The Bertz CT molecular complexity index is 877. The van der Waals surface area contributed by atoms with Crippen molar-refractivity contribution in [2.45, 2.75) is 57.0 Å². The van der Waals surface area contributed by atoms with Crippen molar-refractivity contribution in [1.82, 2.24) is 10.2 Å². The second-order valence-corrected chi connectivity index (χ2v) is 9.58. The molecule has 1 saturated heterocycles. The lowest BCUT2D eigenvalue weighted by Gasteiger charge is -2.49. The molecule has 3 aliphatic rings. The molecule has 0 aromatic heterocycles. The van der Waals surface area contributed by atoms with E-state index in [1.165, 1.54) is 36.1 Å². The number of carbonyl (C=O) groups is 1. The lowest BCUT2D eigenvalue weighted by molar-refractivity contribution is -0.127. The summed E-state index contributed by atoms with van der Waals surface area (Å²) in [6.45, 7) is 4.11. The van der Waals surface area contributed by atoms with E-state index in [-0.39, 0.29) is 17.9 Å². The Hall–Kier alpha value is -2.33. The van der Waals surface area contributed by atoms with E-state index in [4.69, 9.17) is 0 Å². The Balaban J connectivity index is 1.31. The third-order valence-corrected chi connectivity index (χ3v) is 7.56.